The molecule has 1 heterocycles. The second-order valence-electron chi connectivity index (χ2n) is 4.10. The molecule has 0 aliphatic heterocycles. The summed E-state index contributed by atoms with van der Waals surface area (Å²) in [7, 11) is 1.34. The summed E-state index contributed by atoms with van der Waals surface area (Å²) in [5.74, 6) is -0.362. The lowest BCUT2D eigenvalue weighted by Gasteiger charge is -2.08. The van der Waals surface area contributed by atoms with E-state index in [9.17, 15) is 9.90 Å². The molecule has 0 saturated heterocycles. The van der Waals surface area contributed by atoms with Crippen LogP contribution in [0.2, 0.25) is 0 Å². The van der Waals surface area contributed by atoms with Crippen molar-refractivity contribution in [3.63, 3.8) is 0 Å². The number of hydrogen-bond donors (Lipinski definition) is 1. The number of hydrogen-bond acceptors (Lipinski definition) is 4. The van der Waals surface area contributed by atoms with Crippen molar-refractivity contribution in [2.45, 2.75) is 38.2 Å². The largest absolute Gasteiger partial charge is 0.469 e. The van der Waals surface area contributed by atoms with Crippen molar-refractivity contribution in [1.82, 2.24) is 0 Å². The third-order valence-electron chi connectivity index (χ3n) is 2.93. The number of aryl methyl sites for hydroxylation is 2. The van der Waals surface area contributed by atoms with Gasteiger partial charge in [0.2, 0.25) is 0 Å². The standard InChI is InChI=1S/C12H16O3S/c1-15-12(14)7-9(13)11-6-8-4-2-3-5-10(8)16-11/h6,9,13H,2-5,7H2,1H3/t9-/m1/s1. The molecule has 0 bridgehead atoms. The summed E-state index contributed by atoms with van der Waals surface area (Å²) in [6.07, 6.45) is 4.04. The monoisotopic (exact) mass is 240 g/mol. The van der Waals surface area contributed by atoms with Crippen molar-refractivity contribution in [1.29, 1.82) is 0 Å². The van der Waals surface area contributed by atoms with Gasteiger partial charge in [0.25, 0.3) is 0 Å². The van der Waals surface area contributed by atoms with Crippen molar-refractivity contribution < 1.29 is 14.6 Å². The number of methoxy groups -OCH3 is 1. The van der Waals surface area contributed by atoms with Crippen molar-refractivity contribution >= 4 is 17.3 Å². The lowest BCUT2D eigenvalue weighted by molar-refractivity contribution is -0.142. The van der Waals surface area contributed by atoms with E-state index in [1.54, 1.807) is 11.3 Å². The van der Waals surface area contributed by atoms with Crippen molar-refractivity contribution in [2.75, 3.05) is 7.11 Å². The van der Waals surface area contributed by atoms with E-state index in [0.717, 1.165) is 17.7 Å². The minimum absolute atomic E-state index is 0.0515. The van der Waals surface area contributed by atoms with Crippen LogP contribution in [-0.2, 0) is 22.4 Å². The second-order valence-corrected chi connectivity index (χ2v) is 5.27. The molecule has 0 amide bonds. The van der Waals surface area contributed by atoms with Crippen LogP contribution in [0.1, 0.15) is 40.7 Å². The van der Waals surface area contributed by atoms with Gasteiger partial charge in [0.05, 0.1) is 19.6 Å². The lowest BCUT2D eigenvalue weighted by Crippen LogP contribution is -2.06. The molecule has 1 atom stereocenters. The fourth-order valence-corrected chi connectivity index (χ4v) is 3.26. The molecule has 88 valence electrons. The van der Waals surface area contributed by atoms with E-state index < -0.39 is 6.10 Å². The van der Waals surface area contributed by atoms with Gasteiger partial charge in [-0.05, 0) is 37.3 Å². The molecule has 4 heteroatoms. The third kappa shape index (κ3) is 2.44. The minimum atomic E-state index is -0.706. The SMILES string of the molecule is COC(=O)C[C@@H](O)c1cc2c(s1)CCCC2. The van der Waals surface area contributed by atoms with Crippen LogP contribution in [0.15, 0.2) is 6.07 Å². The van der Waals surface area contributed by atoms with Crippen LogP contribution in [0.5, 0.6) is 0 Å². The van der Waals surface area contributed by atoms with Gasteiger partial charge < -0.3 is 9.84 Å². The zero-order chi connectivity index (χ0) is 11.5. The fraction of sp³-hybridized carbons (Fsp3) is 0.583. The maximum Gasteiger partial charge on any atom is 0.308 e. The highest BCUT2D eigenvalue weighted by atomic mass is 32.1. The molecule has 1 aromatic rings. The van der Waals surface area contributed by atoms with Crippen LogP contribution in [0.25, 0.3) is 0 Å². The molecule has 0 radical (unpaired) electrons. The number of thiophene rings is 1. The Labute approximate surface area is 99.1 Å². The Balaban J connectivity index is 2.08. The number of aliphatic hydroxyl groups is 1. The molecule has 2 rings (SSSR count). The minimum Gasteiger partial charge on any atom is -0.469 e. The predicted octanol–water partition coefficient (Wildman–Crippen LogP) is 2.22. The summed E-state index contributed by atoms with van der Waals surface area (Å²) in [5, 5.41) is 9.88. The van der Waals surface area contributed by atoms with Crippen LogP contribution in [0.4, 0.5) is 0 Å². The van der Waals surface area contributed by atoms with Crippen LogP contribution in [0.3, 0.4) is 0 Å². The molecule has 1 aromatic heterocycles. The number of carbonyl (C=O) groups excluding carboxylic acids is 1. The maximum absolute atomic E-state index is 11.1. The zero-order valence-electron chi connectivity index (χ0n) is 9.36. The average molecular weight is 240 g/mol. The van der Waals surface area contributed by atoms with Gasteiger partial charge in [0.1, 0.15) is 0 Å². The molecule has 3 nitrogen and oxygen atoms in total. The van der Waals surface area contributed by atoms with E-state index in [2.05, 4.69) is 4.74 Å². The van der Waals surface area contributed by atoms with Gasteiger partial charge in [-0.3, -0.25) is 4.79 Å². The number of rotatable bonds is 3. The second kappa shape index (κ2) is 4.97. The Kier molecular flexibility index (Phi) is 3.61. The van der Waals surface area contributed by atoms with Gasteiger partial charge >= 0.3 is 5.97 Å². The van der Waals surface area contributed by atoms with Crippen LogP contribution in [0, 0.1) is 0 Å². The van der Waals surface area contributed by atoms with E-state index >= 15 is 0 Å². The van der Waals surface area contributed by atoms with Crippen molar-refractivity contribution in [2.24, 2.45) is 0 Å². The summed E-state index contributed by atoms with van der Waals surface area (Å²) < 4.78 is 4.55. The van der Waals surface area contributed by atoms with Gasteiger partial charge in [-0.2, -0.15) is 0 Å². The maximum atomic E-state index is 11.1. The first-order chi connectivity index (χ1) is 7.70. The Morgan fingerprint density at radius 1 is 1.56 bits per heavy atom. The summed E-state index contributed by atoms with van der Waals surface area (Å²) in [4.78, 5) is 13.3. The first-order valence-corrected chi connectivity index (χ1v) is 6.38. The number of carbonyl (C=O) groups is 1. The smallest absolute Gasteiger partial charge is 0.308 e. The molecule has 0 spiro atoms. The number of ether oxygens (including phenoxy) is 1. The van der Waals surface area contributed by atoms with E-state index in [-0.39, 0.29) is 12.4 Å². The summed E-state index contributed by atoms with van der Waals surface area (Å²) in [6, 6.07) is 2.05. The highest BCUT2D eigenvalue weighted by Gasteiger charge is 2.19. The Morgan fingerprint density at radius 2 is 2.31 bits per heavy atom. The van der Waals surface area contributed by atoms with E-state index in [4.69, 9.17) is 0 Å². The van der Waals surface area contributed by atoms with E-state index in [1.807, 2.05) is 6.07 Å². The molecular weight excluding hydrogens is 224 g/mol. The number of fused-ring (bicyclic) bond motifs is 1. The molecule has 16 heavy (non-hydrogen) atoms. The summed E-state index contributed by atoms with van der Waals surface area (Å²) >= 11 is 1.64. The molecule has 0 unspecified atom stereocenters. The molecule has 1 aliphatic rings. The zero-order valence-corrected chi connectivity index (χ0v) is 10.2. The first-order valence-electron chi connectivity index (χ1n) is 5.57. The van der Waals surface area contributed by atoms with Crippen LogP contribution >= 0.6 is 11.3 Å². The topological polar surface area (TPSA) is 46.5 Å². The van der Waals surface area contributed by atoms with Crippen molar-refractivity contribution in [3.05, 3.63) is 21.4 Å². The first kappa shape index (κ1) is 11.6. The van der Waals surface area contributed by atoms with Crippen LogP contribution in [-0.4, -0.2) is 18.2 Å². The van der Waals surface area contributed by atoms with Gasteiger partial charge in [-0.15, -0.1) is 11.3 Å². The van der Waals surface area contributed by atoms with E-state index in [1.165, 1.54) is 30.4 Å². The molecule has 0 aromatic carbocycles. The summed E-state index contributed by atoms with van der Waals surface area (Å²) in [6.45, 7) is 0. The third-order valence-corrected chi connectivity index (χ3v) is 4.27. The normalized spacial score (nSPS) is 16.6. The highest BCUT2D eigenvalue weighted by Crippen LogP contribution is 2.33. The fourth-order valence-electron chi connectivity index (χ4n) is 2.02. The van der Waals surface area contributed by atoms with Crippen molar-refractivity contribution in [3.8, 4) is 0 Å². The Morgan fingerprint density at radius 3 is 3.00 bits per heavy atom. The summed E-state index contributed by atoms with van der Waals surface area (Å²) in [5.41, 5.74) is 1.36. The number of aliphatic hydroxyl groups excluding tert-OH is 1. The van der Waals surface area contributed by atoms with Crippen LogP contribution < -0.4 is 0 Å². The molecule has 0 saturated carbocycles. The molecule has 1 aliphatic carbocycles. The lowest BCUT2D eigenvalue weighted by atomic mass is 9.99. The predicted molar refractivity (Wildman–Crippen MR) is 62.6 cm³/mol. The van der Waals surface area contributed by atoms with Gasteiger partial charge in [-0.25, -0.2) is 0 Å². The van der Waals surface area contributed by atoms with Gasteiger partial charge in [0, 0.05) is 9.75 Å². The quantitative estimate of drug-likeness (QED) is 0.824. The van der Waals surface area contributed by atoms with Gasteiger partial charge in [-0.1, -0.05) is 0 Å². The number of esters is 1. The molecule has 1 N–H and O–H groups in total. The molecular formula is C12H16O3S. The Hall–Kier alpha value is -0.870. The highest BCUT2D eigenvalue weighted by molar-refractivity contribution is 7.12. The average Bonchev–Trinajstić information content (AvgIpc) is 2.72. The van der Waals surface area contributed by atoms with E-state index in [0.29, 0.717) is 0 Å². The Bertz CT molecular complexity index is 360. The van der Waals surface area contributed by atoms with Gasteiger partial charge in [0.15, 0.2) is 0 Å². The molecule has 0 fully saturated rings.